The topological polar surface area (TPSA) is 133 Å². The number of carbonyl (C=O) groups excluding carboxylic acids is 1. The number of H-pyrrole nitrogens is 1. The predicted octanol–water partition coefficient (Wildman–Crippen LogP) is 3.45. The third-order valence-electron chi connectivity index (χ3n) is 6.24. The van der Waals surface area contributed by atoms with Gasteiger partial charge in [-0.05, 0) is 56.0 Å². The summed E-state index contributed by atoms with van der Waals surface area (Å²) < 4.78 is 2.00. The zero-order valence-electron chi connectivity index (χ0n) is 20.6. The molecule has 5 aromatic rings. The molecular weight excluding hydrogens is 456 g/mol. The molecule has 186 valence electrons. The molecule has 0 spiro atoms. The van der Waals surface area contributed by atoms with E-state index in [-0.39, 0.29) is 11.8 Å². The number of rotatable bonds is 9. The first-order valence-corrected chi connectivity index (χ1v) is 12.2. The lowest BCUT2D eigenvalue weighted by molar-refractivity contribution is -0.131. The van der Waals surface area contributed by atoms with Crippen LogP contribution in [0.2, 0.25) is 0 Å². The van der Waals surface area contributed by atoms with Crippen LogP contribution >= 0.6 is 0 Å². The zero-order chi connectivity index (χ0) is 25.2. The van der Waals surface area contributed by atoms with Gasteiger partial charge >= 0.3 is 0 Å². The number of aryl methyl sites for hydroxylation is 1. The molecule has 3 aromatic heterocycles. The van der Waals surface area contributed by atoms with Gasteiger partial charge in [0.1, 0.15) is 17.8 Å². The van der Waals surface area contributed by atoms with E-state index in [9.17, 15) is 9.90 Å². The second kappa shape index (κ2) is 9.90. The summed E-state index contributed by atoms with van der Waals surface area (Å²) in [4.78, 5) is 24.8. The number of aromatic nitrogens is 6. The van der Waals surface area contributed by atoms with Gasteiger partial charge in [0.05, 0.1) is 22.1 Å². The van der Waals surface area contributed by atoms with Crippen LogP contribution in [0.4, 0.5) is 5.82 Å². The average Bonchev–Trinajstić information content (AvgIpc) is 3.49. The molecule has 3 heterocycles. The highest BCUT2D eigenvalue weighted by Gasteiger charge is 2.18. The Balaban J connectivity index is 1.33. The van der Waals surface area contributed by atoms with Crippen molar-refractivity contribution in [3.8, 4) is 11.4 Å². The molecule has 0 aliphatic carbocycles. The van der Waals surface area contributed by atoms with Gasteiger partial charge in [-0.15, -0.1) is 10.2 Å². The normalized spacial score (nSPS) is 12.6. The summed E-state index contributed by atoms with van der Waals surface area (Å²) in [5.74, 6) is 1.80. The highest BCUT2D eigenvalue weighted by Crippen LogP contribution is 2.27. The van der Waals surface area contributed by atoms with Crippen LogP contribution in [-0.2, 0) is 4.79 Å². The van der Waals surface area contributed by atoms with E-state index in [1.54, 1.807) is 0 Å². The third kappa shape index (κ3) is 4.59. The molecule has 0 aliphatic heterocycles. The monoisotopic (exact) mass is 486 g/mol. The van der Waals surface area contributed by atoms with Crippen LogP contribution in [0.25, 0.3) is 39.1 Å². The summed E-state index contributed by atoms with van der Waals surface area (Å²) in [5, 5.41) is 24.6. The minimum Gasteiger partial charge on any atom is -0.383 e. The number of benzene rings is 2. The average molecular weight is 487 g/mol. The van der Waals surface area contributed by atoms with Crippen molar-refractivity contribution in [2.24, 2.45) is 5.92 Å². The molecule has 0 fully saturated rings. The van der Waals surface area contributed by atoms with Crippen molar-refractivity contribution in [2.75, 3.05) is 18.4 Å². The number of unbranched alkanes of at least 4 members (excludes halogenated alkanes) is 1. The van der Waals surface area contributed by atoms with Crippen LogP contribution in [-0.4, -0.2) is 59.8 Å². The fourth-order valence-corrected chi connectivity index (χ4v) is 4.21. The number of anilines is 1. The van der Waals surface area contributed by atoms with Gasteiger partial charge in [-0.1, -0.05) is 26.0 Å². The van der Waals surface area contributed by atoms with Gasteiger partial charge < -0.3 is 20.7 Å². The molecule has 0 unspecified atom stereocenters. The highest BCUT2D eigenvalue weighted by atomic mass is 16.3. The van der Waals surface area contributed by atoms with Gasteiger partial charge in [0.15, 0.2) is 5.82 Å². The predicted molar refractivity (Wildman–Crippen MR) is 140 cm³/mol. The number of hydrogen-bond donors (Lipinski definition) is 4. The molecule has 2 aromatic carbocycles. The largest absolute Gasteiger partial charge is 0.383 e. The summed E-state index contributed by atoms with van der Waals surface area (Å²) in [6, 6.07) is 14.0. The van der Waals surface area contributed by atoms with E-state index in [4.69, 9.17) is 9.97 Å². The van der Waals surface area contributed by atoms with Crippen molar-refractivity contribution in [1.82, 2.24) is 34.9 Å². The van der Waals surface area contributed by atoms with Crippen molar-refractivity contribution in [1.29, 1.82) is 0 Å². The van der Waals surface area contributed by atoms with E-state index < -0.39 is 6.10 Å². The standard InChI is InChI=1S/C26H30N8O2/c1-15(2)22(35)26(36)28-13-7-6-12-27-24-25-33-32-16(3)34(25)21-11-10-17(14-20(21)31-24)23-29-18-8-4-5-9-19(18)30-23/h4-5,8-11,14-15,22,35H,6-7,12-13H2,1-3H3,(H,27,31)(H,28,36)(H,29,30)/t22-/m1/s1. The lowest BCUT2D eigenvalue weighted by Gasteiger charge is -2.14. The number of amides is 1. The number of carbonyl (C=O) groups is 1. The van der Waals surface area contributed by atoms with Crippen LogP contribution in [0, 0.1) is 12.8 Å². The molecular formula is C26H30N8O2. The maximum atomic E-state index is 11.9. The van der Waals surface area contributed by atoms with Crippen LogP contribution in [0.15, 0.2) is 42.5 Å². The molecule has 4 N–H and O–H groups in total. The summed E-state index contributed by atoms with van der Waals surface area (Å²) in [5.41, 5.74) is 5.25. The Hall–Kier alpha value is -4.05. The van der Waals surface area contributed by atoms with E-state index >= 15 is 0 Å². The second-order valence-electron chi connectivity index (χ2n) is 9.29. The first kappa shape index (κ1) is 23.7. The number of hydrogen-bond acceptors (Lipinski definition) is 7. The molecule has 10 nitrogen and oxygen atoms in total. The molecule has 10 heteroatoms. The van der Waals surface area contributed by atoms with Gasteiger partial charge in [0, 0.05) is 18.7 Å². The van der Waals surface area contributed by atoms with Crippen molar-refractivity contribution in [2.45, 2.75) is 39.7 Å². The van der Waals surface area contributed by atoms with E-state index in [2.05, 4.69) is 25.8 Å². The zero-order valence-corrected chi connectivity index (χ0v) is 20.6. The Kier molecular flexibility index (Phi) is 6.51. The number of imidazole rings is 1. The minimum absolute atomic E-state index is 0.105. The number of aliphatic hydroxyl groups excluding tert-OH is 1. The number of aromatic amines is 1. The molecule has 1 atom stereocenters. The van der Waals surface area contributed by atoms with Gasteiger partial charge in [0.2, 0.25) is 11.6 Å². The fourth-order valence-electron chi connectivity index (χ4n) is 4.21. The van der Waals surface area contributed by atoms with Crippen molar-refractivity contribution in [3.05, 3.63) is 48.3 Å². The summed E-state index contributed by atoms with van der Waals surface area (Å²) in [6.45, 7) is 6.72. The Bertz CT molecular complexity index is 1500. The summed E-state index contributed by atoms with van der Waals surface area (Å²) in [7, 11) is 0. The number of fused-ring (bicyclic) bond motifs is 4. The van der Waals surface area contributed by atoms with E-state index in [0.717, 1.165) is 52.1 Å². The molecule has 0 aliphatic rings. The number of nitrogens with one attached hydrogen (secondary N) is 3. The maximum Gasteiger partial charge on any atom is 0.249 e. The van der Waals surface area contributed by atoms with E-state index in [1.165, 1.54) is 0 Å². The molecule has 0 bridgehead atoms. The van der Waals surface area contributed by atoms with Gasteiger partial charge in [-0.25, -0.2) is 9.97 Å². The first-order valence-electron chi connectivity index (χ1n) is 12.2. The smallest absolute Gasteiger partial charge is 0.249 e. The quantitative estimate of drug-likeness (QED) is 0.235. The second-order valence-corrected chi connectivity index (χ2v) is 9.29. The van der Waals surface area contributed by atoms with Crippen molar-refractivity contribution in [3.63, 3.8) is 0 Å². The number of aliphatic hydroxyl groups is 1. The molecule has 0 radical (unpaired) electrons. The van der Waals surface area contributed by atoms with Crippen LogP contribution in [0.3, 0.4) is 0 Å². The van der Waals surface area contributed by atoms with Gasteiger partial charge in [-0.3, -0.25) is 9.20 Å². The molecule has 1 amide bonds. The number of para-hydroxylation sites is 2. The Morgan fingerprint density at radius 3 is 2.67 bits per heavy atom. The first-order chi connectivity index (χ1) is 17.4. The Morgan fingerprint density at radius 1 is 1.06 bits per heavy atom. The van der Waals surface area contributed by atoms with E-state index in [1.807, 2.05) is 67.6 Å². The van der Waals surface area contributed by atoms with Crippen LogP contribution in [0.5, 0.6) is 0 Å². The van der Waals surface area contributed by atoms with Gasteiger partial charge in [0.25, 0.3) is 0 Å². The lowest BCUT2D eigenvalue weighted by atomic mass is 10.1. The third-order valence-corrected chi connectivity index (χ3v) is 6.24. The maximum absolute atomic E-state index is 11.9. The van der Waals surface area contributed by atoms with Gasteiger partial charge in [-0.2, -0.15) is 0 Å². The highest BCUT2D eigenvalue weighted by molar-refractivity contribution is 5.87. The molecule has 0 saturated heterocycles. The minimum atomic E-state index is -0.973. The SMILES string of the molecule is Cc1nnc2c(NCCCCNC(=O)[C@H](O)C(C)C)nc3cc(-c4nc5ccccc5[nH]4)ccc3n12. The van der Waals surface area contributed by atoms with Crippen molar-refractivity contribution < 1.29 is 9.90 Å². The lowest BCUT2D eigenvalue weighted by Crippen LogP contribution is -2.38. The van der Waals surface area contributed by atoms with Crippen LogP contribution < -0.4 is 10.6 Å². The Labute approximate surface area is 208 Å². The Morgan fingerprint density at radius 2 is 1.86 bits per heavy atom. The van der Waals surface area contributed by atoms with E-state index in [0.29, 0.717) is 24.6 Å². The van der Waals surface area contributed by atoms with Crippen LogP contribution in [0.1, 0.15) is 32.5 Å². The summed E-state index contributed by atoms with van der Waals surface area (Å²) in [6.07, 6.45) is 0.615. The molecule has 5 rings (SSSR count). The molecule has 0 saturated carbocycles. The fraction of sp³-hybridized carbons (Fsp3) is 0.346. The summed E-state index contributed by atoms with van der Waals surface area (Å²) >= 11 is 0. The number of nitrogens with zero attached hydrogens (tertiary/aromatic N) is 5. The van der Waals surface area contributed by atoms with Crippen molar-refractivity contribution >= 4 is 39.4 Å². The molecule has 36 heavy (non-hydrogen) atoms.